The number of fused-ring (bicyclic) bond motifs is 2. The molecule has 0 saturated carbocycles. The third-order valence-electron chi connectivity index (χ3n) is 5.63. The van der Waals surface area contributed by atoms with Gasteiger partial charge < -0.3 is 25.4 Å². The lowest BCUT2D eigenvalue weighted by Crippen LogP contribution is -2.39. The molecule has 0 radical (unpaired) electrons. The van der Waals surface area contributed by atoms with Crippen LogP contribution in [0.4, 0.5) is 5.69 Å². The zero-order chi connectivity index (χ0) is 22.6. The average Bonchev–Trinajstić information content (AvgIpc) is 3.09. The van der Waals surface area contributed by atoms with Crippen molar-refractivity contribution in [2.24, 2.45) is 4.99 Å². The van der Waals surface area contributed by atoms with Crippen molar-refractivity contribution in [1.82, 2.24) is 10.6 Å². The Balaban J connectivity index is 0.00000306. The van der Waals surface area contributed by atoms with Gasteiger partial charge in [0.05, 0.1) is 13.1 Å². The molecule has 0 fully saturated rings. The molecule has 2 aliphatic heterocycles. The average molecular weight is 564 g/mol. The number of nitrogens with one attached hydrogen (secondary N) is 3. The standard InChI is InChI=1S/C25H32N4O3.HI/c1-4-26-24(28-16-18-14-22(30)29-20-10-6-5-9-19(18)20)27-12-13-31-21-11-7-8-17-15-25(2,3)32-23(17)21;/h5-11,18H,4,12-16H2,1-3H3,(H,29,30)(H2,26,27,28);1H. The molecule has 4 rings (SSSR count). The number of carbonyl (C=O) groups is 1. The number of carbonyl (C=O) groups excluding carboxylic acids is 1. The maximum absolute atomic E-state index is 12.1. The van der Waals surface area contributed by atoms with Gasteiger partial charge in [-0.25, -0.2) is 0 Å². The molecule has 7 nitrogen and oxygen atoms in total. The number of rotatable bonds is 7. The van der Waals surface area contributed by atoms with Gasteiger partial charge in [0.2, 0.25) is 5.91 Å². The van der Waals surface area contributed by atoms with Gasteiger partial charge in [-0.2, -0.15) is 0 Å². The number of halogens is 1. The van der Waals surface area contributed by atoms with Crippen LogP contribution in [0.25, 0.3) is 0 Å². The molecule has 0 bridgehead atoms. The first kappa shape index (κ1) is 25.1. The number of para-hydroxylation sites is 2. The van der Waals surface area contributed by atoms with Gasteiger partial charge in [-0.3, -0.25) is 9.79 Å². The SMILES string of the molecule is CCNC(=NCC1CC(=O)Nc2ccccc21)NCCOc1cccc2c1OC(C)(C)C2.I. The van der Waals surface area contributed by atoms with Crippen molar-refractivity contribution in [2.45, 2.75) is 45.1 Å². The van der Waals surface area contributed by atoms with Gasteiger partial charge in [0.15, 0.2) is 17.5 Å². The van der Waals surface area contributed by atoms with E-state index in [-0.39, 0.29) is 41.4 Å². The summed E-state index contributed by atoms with van der Waals surface area (Å²) in [6, 6.07) is 14.0. The van der Waals surface area contributed by atoms with Crippen LogP contribution in [0, 0.1) is 0 Å². The van der Waals surface area contributed by atoms with Gasteiger partial charge in [-0.05, 0) is 38.5 Å². The molecule has 2 aromatic carbocycles. The summed E-state index contributed by atoms with van der Waals surface area (Å²) in [6.07, 6.45) is 1.33. The Morgan fingerprint density at radius 2 is 2.03 bits per heavy atom. The highest BCUT2D eigenvalue weighted by atomic mass is 127. The Bertz CT molecular complexity index is 1010. The number of nitrogens with zero attached hydrogens (tertiary/aromatic N) is 1. The van der Waals surface area contributed by atoms with Crippen LogP contribution >= 0.6 is 24.0 Å². The summed E-state index contributed by atoms with van der Waals surface area (Å²) in [5.41, 5.74) is 3.01. The number of ether oxygens (including phenoxy) is 2. The number of amides is 1. The van der Waals surface area contributed by atoms with E-state index < -0.39 is 0 Å². The zero-order valence-electron chi connectivity index (χ0n) is 19.4. The first-order chi connectivity index (χ1) is 15.4. The van der Waals surface area contributed by atoms with Gasteiger partial charge in [-0.15, -0.1) is 24.0 Å². The van der Waals surface area contributed by atoms with E-state index in [1.165, 1.54) is 5.56 Å². The summed E-state index contributed by atoms with van der Waals surface area (Å²) in [6.45, 7) is 8.58. The van der Waals surface area contributed by atoms with Crippen molar-refractivity contribution in [3.05, 3.63) is 53.6 Å². The lowest BCUT2D eigenvalue weighted by Gasteiger charge is -2.24. The predicted octanol–water partition coefficient (Wildman–Crippen LogP) is 4.08. The Hall–Kier alpha value is -2.49. The van der Waals surface area contributed by atoms with Gasteiger partial charge >= 0.3 is 0 Å². The van der Waals surface area contributed by atoms with E-state index in [1.807, 2.05) is 37.3 Å². The number of guanidine groups is 1. The Labute approximate surface area is 212 Å². The zero-order valence-corrected chi connectivity index (χ0v) is 21.8. The highest BCUT2D eigenvalue weighted by Crippen LogP contribution is 2.41. The maximum Gasteiger partial charge on any atom is 0.225 e. The molecule has 3 N–H and O–H groups in total. The minimum Gasteiger partial charge on any atom is -0.488 e. The van der Waals surface area contributed by atoms with Gasteiger partial charge in [0.1, 0.15) is 12.2 Å². The third kappa shape index (κ3) is 6.31. The van der Waals surface area contributed by atoms with E-state index in [9.17, 15) is 4.79 Å². The number of anilines is 1. The second-order valence-corrected chi connectivity index (χ2v) is 8.81. The molecule has 8 heteroatoms. The van der Waals surface area contributed by atoms with E-state index in [4.69, 9.17) is 14.5 Å². The van der Waals surface area contributed by atoms with Crippen molar-refractivity contribution in [2.75, 3.05) is 31.6 Å². The Morgan fingerprint density at radius 1 is 1.21 bits per heavy atom. The van der Waals surface area contributed by atoms with E-state index in [0.717, 1.165) is 41.7 Å². The van der Waals surface area contributed by atoms with Gasteiger partial charge in [-0.1, -0.05) is 30.3 Å². The monoisotopic (exact) mass is 564 g/mol. The summed E-state index contributed by atoms with van der Waals surface area (Å²) < 4.78 is 12.1. The van der Waals surface area contributed by atoms with Crippen LogP contribution in [0.1, 0.15) is 44.2 Å². The molecule has 0 aliphatic carbocycles. The molecule has 33 heavy (non-hydrogen) atoms. The van der Waals surface area contributed by atoms with Crippen LogP contribution in [-0.4, -0.2) is 43.7 Å². The molecule has 178 valence electrons. The quantitative estimate of drug-likeness (QED) is 0.204. The Morgan fingerprint density at radius 3 is 2.85 bits per heavy atom. The molecule has 1 unspecified atom stereocenters. The fraction of sp³-hybridized carbons (Fsp3) is 0.440. The highest BCUT2D eigenvalue weighted by molar-refractivity contribution is 14.0. The third-order valence-corrected chi connectivity index (χ3v) is 5.63. The highest BCUT2D eigenvalue weighted by Gasteiger charge is 2.32. The van der Waals surface area contributed by atoms with Crippen molar-refractivity contribution < 1.29 is 14.3 Å². The molecule has 0 aromatic heterocycles. The van der Waals surface area contributed by atoms with E-state index >= 15 is 0 Å². The molecule has 0 saturated heterocycles. The molecule has 1 amide bonds. The van der Waals surface area contributed by atoms with E-state index in [1.54, 1.807) is 0 Å². The second kappa shape index (κ2) is 11.1. The summed E-state index contributed by atoms with van der Waals surface area (Å²) >= 11 is 0. The minimum atomic E-state index is -0.195. The fourth-order valence-electron chi connectivity index (χ4n) is 4.24. The van der Waals surface area contributed by atoms with Crippen LogP contribution < -0.4 is 25.4 Å². The van der Waals surface area contributed by atoms with Gasteiger partial charge in [0, 0.05) is 36.6 Å². The molecule has 2 aliphatic rings. The summed E-state index contributed by atoms with van der Waals surface area (Å²) in [5.74, 6) is 2.46. The van der Waals surface area contributed by atoms with Crippen LogP contribution in [-0.2, 0) is 11.2 Å². The topological polar surface area (TPSA) is 84.0 Å². The molecule has 0 spiro atoms. The summed E-state index contributed by atoms with van der Waals surface area (Å²) in [5, 5.41) is 9.53. The molecular formula is C25H33IN4O3. The van der Waals surface area contributed by atoms with E-state index in [2.05, 4.69) is 41.9 Å². The lowest BCUT2D eigenvalue weighted by atomic mass is 9.91. The van der Waals surface area contributed by atoms with Crippen LogP contribution in [0.5, 0.6) is 11.5 Å². The lowest BCUT2D eigenvalue weighted by molar-refractivity contribution is -0.116. The fourth-order valence-corrected chi connectivity index (χ4v) is 4.24. The largest absolute Gasteiger partial charge is 0.488 e. The predicted molar refractivity (Wildman–Crippen MR) is 142 cm³/mol. The van der Waals surface area contributed by atoms with Crippen molar-refractivity contribution >= 4 is 41.5 Å². The molecule has 1 atom stereocenters. The van der Waals surface area contributed by atoms with Crippen molar-refractivity contribution in [3.8, 4) is 11.5 Å². The van der Waals surface area contributed by atoms with Gasteiger partial charge in [0.25, 0.3) is 0 Å². The smallest absolute Gasteiger partial charge is 0.225 e. The first-order valence-electron chi connectivity index (χ1n) is 11.3. The summed E-state index contributed by atoms with van der Waals surface area (Å²) in [7, 11) is 0. The van der Waals surface area contributed by atoms with Crippen molar-refractivity contribution in [1.29, 1.82) is 0 Å². The molecule has 2 aromatic rings. The Kier molecular flexibility index (Phi) is 8.45. The normalized spacial score (nSPS) is 18.2. The summed E-state index contributed by atoms with van der Waals surface area (Å²) in [4.78, 5) is 16.8. The minimum absolute atomic E-state index is 0. The van der Waals surface area contributed by atoms with Crippen LogP contribution in [0.15, 0.2) is 47.5 Å². The number of hydrogen-bond donors (Lipinski definition) is 3. The number of aliphatic imine (C=N–C) groups is 1. The van der Waals surface area contributed by atoms with E-state index in [0.29, 0.717) is 26.1 Å². The first-order valence-corrected chi connectivity index (χ1v) is 11.3. The second-order valence-electron chi connectivity index (χ2n) is 8.81. The van der Waals surface area contributed by atoms with Crippen LogP contribution in [0.2, 0.25) is 0 Å². The van der Waals surface area contributed by atoms with Crippen LogP contribution in [0.3, 0.4) is 0 Å². The number of benzene rings is 2. The number of hydrogen-bond acceptors (Lipinski definition) is 4. The van der Waals surface area contributed by atoms with Crippen molar-refractivity contribution in [3.63, 3.8) is 0 Å². The maximum atomic E-state index is 12.1. The molecule has 2 heterocycles. The molecular weight excluding hydrogens is 531 g/mol.